The third-order valence-electron chi connectivity index (χ3n) is 4.15. The van der Waals surface area contributed by atoms with E-state index in [1.807, 2.05) is 0 Å². The van der Waals surface area contributed by atoms with Gasteiger partial charge in [0.05, 0.1) is 5.92 Å². The molecule has 1 unspecified atom stereocenters. The lowest BCUT2D eigenvalue weighted by atomic mass is 9.95. The van der Waals surface area contributed by atoms with Crippen molar-refractivity contribution in [3.8, 4) is 0 Å². The molecule has 1 aliphatic heterocycles. The van der Waals surface area contributed by atoms with Crippen molar-refractivity contribution >= 4 is 5.97 Å². The maximum atomic E-state index is 10.9. The number of hydrogen-bond donors (Lipinski definition) is 1. The summed E-state index contributed by atoms with van der Waals surface area (Å²) in [6.07, 6.45) is 2.61. The first-order valence-electron chi connectivity index (χ1n) is 7.08. The van der Waals surface area contributed by atoms with Gasteiger partial charge in [-0.3, -0.25) is 4.79 Å². The van der Waals surface area contributed by atoms with Gasteiger partial charge in [0.2, 0.25) is 0 Å². The SMILES string of the molecule is Cc1ccc(CC(C)N2CCC(C(=O)O)CC2)cc1. The molecule has 19 heavy (non-hydrogen) atoms. The summed E-state index contributed by atoms with van der Waals surface area (Å²) < 4.78 is 0. The summed E-state index contributed by atoms with van der Waals surface area (Å²) in [5.74, 6) is -0.770. The molecule has 1 aromatic carbocycles. The monoisotopic (exact) mass is 261 g/mol. The van der Waals surface area contributed by atoms with Gasteiger partial charge < -0.3 is 10.0 Å². The Bertz CT molecular complexity index is 419. The molecule has 1 aromatic rings. The molecule has 0 bridgehead atoms. The van der Waals surface area contributed by atoms with E-state index in [2.05, 4.69) is 43.0 Å². The zero-order valence-electron chi connectivity index (χ0n) is 11.8. The van der Waals surface area contributed by atoms with Gasteiger partial charge in [-0.15, -0.1) is 0 Å². The first-order chi connectivity index (χ1) is 9.06. The van der Waals surface area contributed by atoms with E-state index in [9.17, 15) is 4.79 Å². The van der Waals surface area contributed by atoms with Crippen molar-refractivity contribution in [2.45, 2.75) is 39.2 Å². The lowest BCUT2D eigenvalue weighted by molar-refractivity contribution is -0.143. The van der Waals surface area contributed by atoms with Gasteiger partial charge in [0, 0.05) is 6.04 Å². The fourth-order valence-corrected chi connectivity index (χ4v) is 2.78. The first kappa shape index (κ1) is 14.1. The highest BCUT2D eigenvalue weighted by Gasteiger charge is 2.26. The van der Waals surface area contributed by atoms with Crippen LogP contribution in [0.15, 0.2) is 24.3 Å². The van der Waals surface area contributed by atoms with Crippen LogP contribution >= 0.6 is 0 Å². The maximum Gasteiger partial charge on any atom is 0.306 e. The number of carbonyl (C=O) groups is 1. The topological polar surface area (TPSA) is 40.5 Å². The minimum absolute atomic E-state index is 0.136. The summed E-state index contributed by atoms with van der Waals surface area (Å²) >= 11 is 0. The molecule has 3 heteroatoms. The molecule has 1 aliphatic rings. The number of benzene rings is 1. The van der Waals surface area contributed by atoms with Gasteiger partial charge in [0.15, 0.2) is 0 Å². The van der Waals surface area contributed by atoms with Crippen molar-refractivity contribution in [1.82, 2.24) is 4.90 Å². The van der Waals surface area contributed by atoms with Crippen LogP contribution in [0.1, 0.15) is 30.9 Å². The van der Waals surface area contributed by atoms with Crippen LogP contribution in [0.25, 0.3) is 0 Å². The summed E-state index contributed by atoms with van der Waals surface area (Å²) in [7, 11) is 0. The van der Waals surface area contributed by atoms with Crippen molar-refractivity contribution < 1.29 is 9.90 Å². The van der Waals surface area contributed by atoms with Crippen LogP contribution in [0.2, 0.25) is 0 Å². The number of carboxylic acid groups (broad SMARTS) is 1. The van der Waals surface area contributed by atoms with E-state index < -0.39 is 5.97 Å². The molecular formula is C16H23NO2. The molecule has 104 valence electrons. The Hall–Kier alpha value is -1.35. The largest absolute Gasteiger partial charge is 0.481 e. The minimum atomic E-state index is -0.633. The summed E-state index contributed by atoms with van der Waals surface area (Å²) in [6.45, 7) is 6.15. The summed E-state index contributed by atoms with van der Waals surface area (Å²) in [4.78, 5) is 13.4. The molecule has 0 spiro atoms. The third kappa shape index (κ3) is 3.80. The van der Waals surface area contributed by atoms with Gasteiger partial charge in [-0.2, -0.15) is 0 Å². The molecule has 1 fully saturated rings. The molecule has 1 N–H and O–H groups in total. The quantitative estimate of drug-likeness (QED) is 0.906. The lowest BCUT2D eigenvalue weighted by Crippen LogP contribution is -2.42. The number of rotatable bonds is 4. The van der Waals surface area contributed by atoms with Crippen molar-refractivity contribution in [2.75, 3.05) is 13.1 Å². The first-order valence-corrected chi connectivity index (χ1v) is 7.08. The zero-order chi connectivity index (χ0) is 13.8. The predicted octanol–water partition coefficient (Wildman–Crippen LogP) is 2.72. The molecule has 3 nitrogen and oxygen atoms in total. The Morgan fingerprint density at radius 3 is 2.42 bits per heavy atom. The van der Waals surface area contributed by atoms with Crippen LogP contribution in [-0.4, -0.2) is 35.1 Å². The minimum Gasteiger partial charge on any atom is -0.481 e. The van der Waals surface area contributed by atoms with Gasteiger partial charge in [-0.1, -0.05) is 29.8 Å². The van der Waals surface area contributed by atoms with Crippen LogP contribution in [0.3, 0.4) is 0 Å². The number of piperidine rings is 1. The second-order valence-electron chi connectivity index (χ2n) is 5.69. The van der Waals surface area contributed by atoms with Gasteiger partial charge in [0.1, 0.15) is 0 Å². The average Bonchev–Trinajstić information content (AvgIpc) is 2.41. The number of carboxylic acids is 1. The molecule has 0 amide bonds. The number of likely N-dealkylation sites (tertiary alicyclic amines) is 1. The Kier molecular flexibility index (Phi) is 4.59. The third-order valence-corrected chi connectivity index (χ3v) is 4.15. The number of nitrogens with zero attached hydrogens (tertiary/aromatic N) is 1. The van der Waals surface area contributed by atoms with Crippen molar-refractivity contribution in [3.63, 3.8) is 0 Å². The fourth-order valence-electron chi connectivity index (χ4n) is 2.78. The number of aryl methyl sites for hydroxylation is 1. The van der Waals surface area contributed by atoms with E-state index in [0.717, 1.165) is 32.4 Å². The lowest BCUT2D eigenvalue weighted by Gasteiger charge is -2.34. The van der Waals surface area contributed by atoms with Gasteiger partial charge in [0.25, 0.3) is 0 Å². The normalized spacial score (nSPS) is 19.3. The summed E-state index contributed by atoms with van der Waals surface area (Å²) in [6, 6.07) is 9.17. The van der Waals surface area contributed by atoms with Crippen LogP contribution in [0.5, 0.6) is 0 Å². The Balaban J connectivity index is 1.86. The Labute approximate surface area is 115 Å². The van der Waals surface area contributed by atoms with Crippen molar-refractivity contribution in [1.29, 1.82) is 0 Å². The molecule has 0 saturated carbocycles. The van der Waals surface area contributed by atoms with Crippen LogP contribution in [0.4, 0.5) is 0 Å². The summed E-state index contributed by atoms with van der Waals surface area (Å²) in [5.41, 5.74) is 2.65. The van der Waals surface area contributed by atoms with Crippen molar-refractivity contribution in [2.24, 2.45) is 5.92 Å². The van der Waals surface area contributed by atoms with Gasteiger partial charge in [-0.25, -0.2) is 0 Å². The Morgan fingerprint density at radius 2 is 1.89 bits per heavy atom. The zero-order valence-corrected chi connectivity index (χ0v) is 11.8. The van der Waals surface area contributed by atoms with Crippen LogP contribution < -0.4 is 0 Å². The number of aliphatic carboxylic acids is 1. The molecule has 1 saturated heterocycles. The predicted molar refractivity (Wildman–Crippen MR) is 76.3 cm³/mol. The summed E-state index contributed by atoms with van der Waals surface area (Å²) in [5, 5.41) is 9.01. The molecule has 0 aliphatic carbocycles. The second-order valence-corrected chi connectivity index (χ2v) is 5.69. The van der Waals surface area contributed by atoms with E-state index in [4.69, 9.17) is 5.11 Å². The molecule has 1 atom stereocenters. The molecule has 2 rings (SSSR count). The van der Waals surface area contributed by atoms with E-state index in [-0.39, 0.29) is 5.92 Å². The second kappa shape index (κ2) is 6.20. The van der Waals surface area contributed by atoms with Crippen molar-refractivity contribution in [3.05, 3.63) is 35.4 Å². The molecule has 0 aromatic heterocycles. The van der Waals surface area contributed by atoms with E-state index >= 15 is 0 Å². The standard InChI is InChI=1S/C16H23NO2/c1-12-3-5-14(6-4-12)11-13(2)17-9-7-15(8-10-17)16(18)19/h3-6,13,15H,7-11H2,1-2H3,(H,18,19). The molecule has 0 radical (unpaired) electrons. The molecular weight excluding hydrogens is 238 g/mol. The highest BCUT2D eigenvalue weighted by atomic mass is 16.4. The Morgan fingerprint density at radius 1 is 1.32 bits per heavy atom. The van der Waals surface area contributed by atoms with E-state index in [0.29, 0.717) is 6.04 Å². The highest BCUT2D eigenvalue weighted by molar-refractivity contribution is 5.70. The molecule has 1 heterocycles. The highest BCUT2D eigenvalue weighted by Crippen LogP contribution is 2.20. The smallest absolute Gasteiger partial charge is 0.306 e. The van der Waals surface area contributed by atoms with Crippen LogP contribution in [0, 0.1) is 12.8 Å². The van der Waals surface area contributed by atoms with E-state index in [1.54, 1.807) is 0 Å². The average molecular weight is 261 g/mol. The fraction of sp³-hybridized carbons (Fsp3) is 0.562. The van der Waals surface area contributed by atoms with E-state index in [1.165, 1.54) is 11.1 Å². The maximum absolute atomic E-state index is 10.9. The van der Waals surface area contributed by atoms with Gasteiger partial charge in [-0.05, 0) is 51.8 Å². The van der Waals surface area contributed by atoms with Gasteiger partial charge >= 0.3 is 5.97 Å². The number of hydrogen-bond acceptors (Lipinski definition) is 2. The van der Waals surface area contributed by atoms with Crippen LogP contribution in [-0.2, 0) is 11.2 Å².